The molecule has 0 heterocycles. The maximum atomic E-state index is 13.3. The Balaban J connectivity index is 2.03. The molecule has 0 unspecified atom stereocenters. The number of carbonyl (C=O) groups excluding carboxylic acids is 3. The van der Waals surface area contributed by atoms with E-state index in [0.29, 0.717) is 11.3 Å². The first-order valence-corrected chi connectivity index (χ1v) is 10.5. The summed E-state index contributed by atoms with van der Waals surface area (Å²) in [6, 6.07) is 13.5. The molecule has 0 radical (unpaired) electrons. The van der Waals surface area contributed by atoms with Crippen LogP contribution in [0.1, 0.15) is 38.8 Å². The number of ketones is 2. The van der Waals surface area contributed by atoms with Crippen molar-refractivity contribution in [3.63, 3.8) is 0 Å². The van der Waals surface area contributed by atoms with Gasteiger partial charge in [-0.25, -0.2) is 0 Å². The lowest BCUT2D eigenvalue weighted by atomic mass is 9.79. The molecule has 0 saturated carbocycles. The summed E-state index contributed by atoms with van der Waals surface area (Å²) in [5.41, 5.74) is 6.47. The molecule has 8 nitrogen and oxygen atoms in total. The Bertz CT molecular complexity index is 1390. The Labute approximate surface area is 177 Å². The highest BCUT2D eigenvalue weighted by Gasteiger charge is 2.36. The van der Waals surface area contributed by atoms with Crippen LogP contribution in [-0.2, 0) is 14.9 Å². The van der Waals surface area contributed by atoms with Crippen molar-refractivity contribution in [2.75, 3.05) is 11.1 Å². The molecular weight excluding hydrogens is 420 g/mol. The van der Waals surface area contributed by atoms with Crippen LogP contribution in [0.15, 0.2) is 59.5 Å². The summed E-state index contributed by atoms with van der Waals surface area (Å²) in [7, 11) is -4.79. The smallest absolute Gasteiger partial charge is 0.296 e. The molecule has 0 aromatic heterocycles. The maximum absolute atomic E-state index is 13.3. The molecule has 3 aromatic carbocycles. The van der Waals surface area contributed by atoms with Crippen LogP contribution in [0.3, 0.4) is 0 Å². The van der Waals surface area contributed by atoms with Crippen molar-refractivity contribution in [2.24, 2.45) is 0 Å². The maximum Gasteiger partial charge on any atom is 0.296 e. The second-order valence-electron chi connectivity index (χ2n) is 7.02. The number of anilines is 2. The zero-order valence-corrected chi connectivity index (χ0v) is 17.0. The molecule has 9 heteroatoms. The fourth-order valence-corrected chi connectivity index (χ4v) is 4.32. The molecule has 0 fully saturated rings. The van der Waals surface area contributed by atoms with Gasteiger partial charge in [-0.15, -0.1) is 0 Å². The van der Waals surface area contributed by atoms with Crippen molar-refractivity contribution in [3.05, 3.63) is 76.9 Å². The lowest BCUT2D eigenvalue weighted by molar-refractivity contribution is -0.114. The van der Waals surface area contributed by atoms with Crippen LogP contribution in [0.4, 0.5) is 11.4 Å². The summed E-state index contributed by atoms with van der Waals surface area (Å²) in [5.74, 6) is -1.37. The Morgan fingerprint density at radius 1 is 0.903 bits per heavy atom. The second kappa shape index (κ2) is 7.15. The van der Waals surface area contributed by atoms with E-state index in [1.165, 1.54) is 19.1 Å². The van der Waals surface area contributed by atoms with E-state index in [4.69, 9.17) is 5.73 Å². The minimum atomic E-state index is -4.79. The Morgan fingerprint density at radius 3 is 1.97 bits per heavy atom. The van der Waals surface area contributed by atoms with Crippen LogP contribution in [0.2, 0.25) is 0 Å². The Morgan fingerprint density at radius 2 is 1.45 bits per heavy atom. The summed E-state index contributed by atoms with van der Waals surface area (Å²) in [5, 5.41) is 2.60. The summed E-state index contributed by atoms with van der Waals surface area (Å²) in [6.45, 7) is 1.35. The van der Waals surface area contributed by atoms with Gasteiger partial charge < -0.3 is 11.1 Å². The van der Waals surface area contributed by atoms with Crippen LogP contribution in [0.5, 0.6) is 0 Å². The average molecular weight is 436 g/mol. The number of nitrogen functional groups attached to an aromatic ring is 1. The lowest BCUT2D eigenvalue weighted by Crippen LogP contribution is -2.24. The number of rotatable bonds is 3. The molecule has 31 heavy (non-hydrogen) atoms. The van der Waals surface area contributed by atoms with Crippen LogP contribution in [0.25, 0.3) is 11.1 Å². The minimum Gasteiger partial charge on any atom is -0.397 e. The fourth-order valence-electron chi connectivity index (χ4n) is 3.67. The molecule has 0 atom stereocenters. The molecule has 156 valence electrons. The molecule has 1 aliphatic carbocycles. The number of nitrogens with one attached hydrogen (secondary N) is 1. The van der Waals surface area contributed by atoms with E-state index >= 15 is 0 Å². The van der Waals surface area contributed by atoms with Gasteiger partial charge in [0, 0.05) is 29.3 Å². The molecule has 0 aliphatic heterocycles. The predicted molar refractivity (Wildman–Crippen MR) is 114 cm³/mol. The van der Waals surface area contributed by atoms with Gasteiger partial charge in [0.05, 0.1) is 11.3 Å². The highest BCUT2D eigenvalue weighted by atomic mass is 32.2. The number of carbonyl (C=O) groups is 3. The lowest BCUT2D eigenvalue weighted by Gasteiger charge is -2.23. The Hall–Kier alpha value is -3.82. The monoisotopic (exact) mass is 436 g/mol. The van der Waals surface area contributed by atoms with E-state index < -0.39 is 32.3 Å². The first-order valence-electron chi connectivity index (χ1n) is 9.10. The number of hydrogen-bond donors (Lipinski definition) is 3. The number of nitrogens with two attached hydrogens (primary N) is 1. The molecule has 4 N–H and O–H groups in total. The third kappa shape index (κ3) is 3.39. The molecule has 1 aliphatic rings. The SMILES string of the molecule is CC(=O)Nc1ccc(-c2cc(S(=O)(=O)O)c(N)c3c2C(=O)c2ccccc2C3=O)cc1. The molecule has 1 amide bonds. The van der Waals surface area contributed by atoms with Crippen molar-refractivity contribution in [1.82, 2.24) is 0 Å². The van der Waals surface area contributed by atoms with Crippen molar-refractivity contribution < 1.29 is 27.4 Å². The summed E-state index contributed by atoms with van der Waals surface area (Å²) in [6.07, 6.45) is 0. The highest BCUT2D eigenvalue weighted by molar-refractivity contribution is 7.86. The van der Waals surface area contributed by atoms with E-state index in [-0.39, 0.29) is 33.7 Å². The van der Waals surface area contributed by atoms with E-state index in [0.717, 1.165) is 6.07 Å². The number of fused-ring (bicyclic) bond motifs is 2. The van der Waals surface area contributed by atoms with Gasteiger partial charge in [0.25, 0.3) is 10.1 Å². The molecular formula is C22H16N2O6S. The van der Waals surface area contributed by atoms with Gasteiger partial charge in [0.1, 0.15) is 4.90 Å². The van der Waals surface area contributed by atoms with Crippen LogP contribution < -0.4 is 11.1 Å². The van der Waals surface area contributed by atoms with Crippen molar-refractivity contribution in [3.8, 4) is 11.1 Å². The molecule has 0 spiro atoms. The third-order valence-corrected chi connectivity index (χ3v) is 5.89. The zero-order valence-electron chi connectivity index (χ0n) is 16.2. The van der Waals surface area contributed by atoms with E-state index in [1.54, 1.807) is 36.4 Å². The van der Waals surface area contributed by atoms with Gasteiger partial charge in [-0.1, -0.05) is 36.4 Å². The summed E-state index contributed by atoms with van der Waals surface area (Å²) >= 11 is 0. The Kier molecular flexibility index (Phi) is 4.72. The first kappa shape index (κ1) is 20.5. The fraction of sp³-hybridized carbons (Fsp3) is 0.0455. The molecule has 3 aromatic rings. The van der Waals surface area contributed by atoms with Crippen molar-refractivity contribution >= 4 is 39.0 Å². The summed E-state index contributed by atoms with van der Waals surface area (Å²) < 4.78 is 33.6. The zero-order chi connectivity index (χ0) is 22.5. The molecule has 0 bridgehead atoms. The quantitative estimate of drug-likeness (QED) is 0.331. The van der Waals surface area contributed by atoms with E-state index in [9.17, 15) is 27.4 Å². The van der Waals surface area contributed by atoms with Crippen molar-refractivity contribution in [2.45, 2.75) is 11.8 Å². The van der Waals surface area contributed by atoms with Gasteiger partial charge in [-0.2, -0.15) is 8.42 Å². The third-order valence-electron chi connectivity index (χ3n) is 4.99. The molecule has 0 saturated heterocycles. The number of amides is 1. The second-order valence-corrected chi connectivity index (χ2v) is 8.41. The van der Waals surface area contributed by atoms with E-state index in [2.05, 4.69) is 5.32 Å². The number of benzene rings is 3. The van der Waals surface area contributed by atoms with Gasteiger partial charge >= 0.3 is 0 Å². The normalized spacial score (nSPS) is 12.8. The first-order chi connectivity index (χ1) is 14.6. The summed E-state index contributed by atoms with van der Waals surface area (Å²) in [4.78, 5) is 37.0. The van der Waals surface area contributed by atoms with Crippen LogP contribution >= 0.6 is 0 Å². The predicted octanol–water partition coefficient (Wildman–Crippen LogP) is 2.92. The van der Waals surface area contributed by atoms with Gasteiger partial charge in [0.15, 0.2) is 11.6 Å². The number of hydrogen-bond acceptors (Lipinski definition) is 6. The van der Waals surface area contributed by atoms with E-state index in [1.807, 2.05) is 0 Å². The standard InChI is InChI=1S/C22H16N2O6S/c1-11(25)24-13-8-6-12(7-9-13)16-10-17(31(28,29)30)20(23)19-18(16)21(26)14-4-2-3-5-15(14)22(19)27/h2-10H,23H2,1H3,(H,24,25)(H,28,29,30). The van der Waals surface area contributed by atoms with Gasteiger partial charge in [-0.3, -0.25) is 18.9 Å². The van der Waals surface area contributed by atoms with Crippen molar-refractivity contribution in [1.29, 1.82) is 0 Å². The van der Waals surface area contributed by atoms with Crippen LogP contribution in [-0.4, -0.2) is 30.4 Å². The van der Waals surface area contributed by atoms with Gasteiger partial charge in [0.2, 0.25) is 5.91 Å². The average Bonchev–Trinajstić information content (AvgIpc) is 2.71. The van der Waals surface area contributed by atoms with Crippen LogP contribution in [0, 0.1) is 0 Å². The van der Waals surface area contributed by atoms with Gasteiger partial charge in [-0.05, 0) is 29.3 Å². The minimum absolute atomic E-state index is 0.0409. The topological polar surface area (TPSA) is 144 Å². The highest BCUT2D eigenvalue weighted by Crippen LogP contribution is 2.40. The molecule has 4 rings (SSSR count). The largest absolute Gasteiger partial charge is 0.397 e.